The summed E-state index contributed by atoms with van der Waals surface area (Å²) in [5, 5.41) is 11.9. The fourth-order valence-corrected chi connectivity index (χ4v) is 2.02. The molecule has 0 spiro atoms. The van der Waals surface area contributed by atoms with Gasteiger partial charge in [-0.2, -0.15) is 0 Å². The first-order valence-electron chi connectivity index (χ1n) is 6.72. The number of carbonyl (C=O) groups is 1. The third kappa shape index (κ3) is 4.72. The van der Waals surface area contributed by atoms with Crippen LogP contribution in [0.4, 0.5) is 13.2 Å². The smallest absolute Gasteiger partial charge is 0.405 e. The van der Waals surface area contributed by atoms with Crippen LogP contribution in [0.25, 0.3) is 0 Å². The molecule has 122 valence electrons. The number of rotatable bonds is 5. The van der Waals surface area contributed by atoms with E-state index in [1.807, 2.05) is 0 Å². The molecule has 1 atom stereocenters. The standard InChI is InChI=1S/C16H14F3NO3/c17-16(18,19)23-14-9-5-4-8-12(14)15(22)20-13(10-21)11-6-2-1-3-7-11/h1-9,13,21H,10H2,(H,20,22)/t13-/m1/s1. The lowest BCUT2D eigenvalue weighted by molar-refractivity contribution is -0.274. The highest BCUT2D eigenvalue weighted by atomic mass is 19.4. The Morgan fingerprint density at radius 1 is 1.09 bits per heavy atom. The van der Waals surface area contributed by atoms with Gasteiger partial charge in [-0.1, -0.05) is 42.5 Å². The molecular formula is C16H14F3NO3. The molecule has 7 heteroatoms. The predicted molar refractivity (Wildman–Crippen MR) is 76.9 cm³/mol. The second-order valence-electron chi connectivity index (χ2n) is 4.66. The molecule has 0 bridgehead atoms. The lowest BCUT2D eigenvalue weighted by atomic mass is 10.1. The number of hydrogen-bond donors (Lipinski definition) is 2. The van der Waals surface area contributed by atoms with Crippen molar-refractivity contribution in [2.24, 2.45) is 0 Å². The number of nitrogens with one attached hydrogen (secondary N) is 1. The number of amides is 1. The molecule has 2 rings (SSSR count). The first-order valence-corrected chi connectivity index (χ1v) is 6.72. The largest absolute Gasteiger partial charge is 0.573 e. The molecule has 0 aromatic heterocycles. The number of para-hydroxylation sites is 1. The van der Waals surface area contributed by atoms with Crippen LogP contribution in [0.5, 0.6) is 5.75 Å². The van der Waals surface area contributed by atoms with Gasteiger partial charge in [0.15, 0.2) is 0 Å². The van der Waals surface area contributed by atoms with Crippen molar-refractivity contribution in [3.05, 3.63) is 65.7 Å². The van der Waals surface area contributed by atoms with Crippen LogP contribution in [0.2, 0.25) is 0 Å². The Kier molecular flexibility index (Phi) is 5.23. The van der Waals surface area contributed by atoms with E-state index in [0.717, 1.165) is 6.07 Å². The van der Waals surface area contributed by atoms with Crippen molar-refractivity contribution >= 4 is 5.91 Å². The zero-order chi connectivity index (χ0) is 16.9. The maximum absolute atomic E-state index is 12.4. The van der Waals surface area contributed by atoms with Gasteiger partial charge in [-0.05, 0) is 17.7 Å². The fourth-order valence-electron chi connectivity index (χ4n) is 2.02. The molecule has 0 heterocycles. The van der Waals surface area contributed by atoms with Gasteiger partial charge in [-0.15, -0.1) is 13.2 Å². The van der Waals surface area contributed by atoms with Gasteiger partial charge in [0, 0.05) is 0 Å². The molecule has 0 unspecified atom stereocenters. The number of alkyl halides is 3. The number of ether oxygens (including phenoxy) is 1. The minimum Gasteiger partial charge on any atom is -0.405 e. The Morgan fingerprint density at radius 3 is 2.30 bits per heavy atom. The van der Waals surface area contributed by atoms with E-state index in [-0.39, 0.29) is 5.56 Å². The molecule has 2 N–H and O–H groups in total. The molecule has 23 heavy (non-hydrogen) atoms. The van der Waals surface area contributed by atoms with Crippen molar-refractivity contribution in [2.45, 2.75) is 12.4 Å². The molecule has 0 aliphatic heterocycles. The maximum Gasteiger partial charge on any atom is 0.573 e. The van der Waals surface area contributed by atoms with Crippen LogP contribution in [-0.2, 0) is 0 Å². The van der Waals surface area contributed by atoms with Crippen LogP contribution >= 0.6 is 0 Å². The molecule has 0 aliphatic carbocycles. The summed E-state index contributed by atoms with van der Waals surface area (Å²) < 4.78 is 41.0. The van der Waals surface area contributed by atoms with Crippen LogP contribution in [-0.4, -0.2) is 24.0 Å². The highest BCUT2D eigenvalue weighted by Crippen LogP contribution is 2.26. The monoisotopic (exact) mass is 325 g/mol. The molecule has 0 radical (unpaired) electrons. The van der Waals surface area contributed by atoms with E-state index in [9.17, 15) is 23.1 Å². The Balaban J connectivity index is 2.20. The number of aliphatic hydroxyl groups is 1. The molecule has 0 saturated heterocycles. The molecule has 2 aromatic rings. The number of aliphatic hydroxyl groups excluding tert-OH is 1. The van der Waals surface area contributed by atoms with Gasteiger partial charge in [0.2, 0.25) is 0 Å². The Labute approximate surface area is 130 Å². The van der Waals surface area contributed by atoms with Gasteiger partial charge in [0.05, 0.1) is 18.2 Å². The molecule has 0 aliphatic rings. The van der Waals surface area contributed by atoms with E-state index in [1.165, 1.54) is 18.2 Å². The van der Waals surface area contributed by atoms with Crippen LogP contribution in [0.15, 0.2) is 54.6 Å². The average Bonchev–Trinajstić information content (AvgIpc) is 2.52. The van der Waals surface area contributed by atoms with Gasteiger partial charge in [-0.25, -0.2) is 0 Å². The van der Waals surface area contributed by atoms with Crippen LogP contribution in [0, 0.1) is 0 Å². The molecule has 4 nitrogen and oxygen atoms in total. The third-order valence-electron chi connectivity index (χ3n) is 3.05. The van der Waals surface area contributed by atoms with E-state index in [1.54, 1.807) is 30.3 Å². The van der Waals surface area contributed by atoms with E-state index < -0.39 is 30.7 Å². The molecule has 0 saturated carbocycles. The van der Waals surface area contributed by atoms with Crippen molar-refractivity contribution < 1.29 is 27.8 Å². The van der Waals surface area contributed by atoms with Crippen LogP contribution < -0.4 is 10.1 Å². The summed E-state index contributed by atoms with van der Waals surface area (Å²) in [6, 6.07) is 12.9. The second-order valence-corrected chi connectivity index (χ2v) is 4.66. The molecular weight excluding hydrogens is 311 g/mol. The summed E-state index contributed by atoms with van der Waals surface area (Å²) in [6.07, 6.45) is -4.90. The van der Waals surface area contributed by atoms with Crippen molar-refractivity contribution in [3.8, 4) is 5.75 Å². The summed E-state index contributed by atoms with van der Waals surface area (Å²) >= 11 is 0. The topological polar surface area (TPSA) is 58.6 Å². The third-order valence-corrected chi connectivity index (χ3v) is 3.05. The molecule has 2 aromatic carbocycles. The number of benzene rings is 2. The highest BCUT2D eigenvalue weighted by molar-refractivity contribution is 5.97. The summed E-state index contributed by atoms with van der Waals surface area (Å²) in [5.74, 6) is -1.37. The lowest BCUT2D eigenvalue weighted by Gasteiger charge is -2.18. The Bertz CT molecular complexity index is 659. The minimum absolute atomic E-state index is 0.265. The highest BCUT2D eigenvalue weighted by Gasteiger charge is 2.33. The summed E-state index contributed by atoms with van der Waals surface area (Å²) in [7, 11) is 0. The van der Waals surface area contributed by atoms with Gasteiger partial charge in [-0.3, -0.25) is 4.79 Å². The van der Waals surface area contributed by atoms with Crippen molar-refractivity contribution in [1.82, 2.24) is 5.32 Å². The number of hydrogen-bond acceptors (Lipinski definition) is 3. The van der Waals surface area contributed by atoms with Gasteiger partial charge >= 0.3 is 6.36 Å². The molecule has 0 fully saturated rings. The normalized spacial score (nSPS) is 12.5. The van der Waals surface area contributed by atoms with E-state index >= 15 is 0 Å². The van der Waals surface area contributed by atoms with Crippen LogP contribution in [0.3, 0.4) is 0 Å². The summed E-state index contributed by atoms with van der Waals surface area (Å²) in [6.45, 7) is -0.391. The number of halogens is 3. The van der Waals surface area contributed by atoms with Crippen molar-refractivity contribution in [2.75, 3.05) is 6.61 Å². The average molecular weight is 325 g/mol. The maximum atomic E-state index is 12.4. The van der Waals surface area contributed by atoms with Gasteiger partial charge in [0.25, 0.3) is 5.91 Å². The lowest BCUT2D eigenvalue weighted by Crippen LogP contribution is -2.31. The quantitative estimate of drug-likeness (QED) is 0.888. The fraction of sp³-hybridized carbons (Fsp3) is 0.188. The summed E-state index contributed by atoms with van der Waals surface area (Å²) in [5.41, 5.74) is 0.372. The van der Waals surface area contributed by atoms with Gasteiger partial charge in [0.1, 0.15) is 5.75 Å². The SMILES string of the molecule is O=C(N[C@H](CO)c1ccccc1)c1ccccc1OC(F)(F)F. The van der Waals surface area contributed by atoms with Crippen LogP contribution in [0.1, 0.15) is 22.0 Å². The predicted octanol–water partition coefficient (Wildman–Crippen LogP) is 3.05. The van der Waals surface area contributed by atoms with Crippen molar-refractivity contribution in [1.29, 1.82) is 0 Å². The first-order chi connectivity index (χ1) is 10.9. The minimum atomic E-state index is -4.90. The Hall–Kier alpha value is -2.54. The Morgan fingerprint density at radius 2 is 1.70 bits per heavy atom. The summed E-state index contributed by atoms with van der Waals surface area (Å²) in [4.78, 5) is 12.2. The zero-order valence-corrected chi connectivity index (χ0v) is 11.9. The van der Waals surface area contributed by atoms with E-state index in [2.05, 4.69) is 10.1 Å². The zero-order valence-electron chi connectivity index (χ0n) is 11.9. The first kappa shape index (κ1) is 16.8. The van der Waals surface area contributed by atoms with E-state index in [4.69, 9.17) is 0 Å². The molecule has 1 amide bonds. The van der Waals surface area contributed by atoms with Gasteiger partial charge < -0.3 is 15.2 Å². The number of carbonyl (C=O) groups excluding carboxylic acids is 1. The van der Waals surface area contributed by atoms with Crippen molar-refractivity contribution in [3.63, 3.8) is 0 Å². The second kappa shape index (κ2) is 7.15. The van der Waals surface area contributed by atoms with E-state index in [0.29, 0.717) is 5.56 Å².